The molecule has 0 bridgehead atoms. The lowest BCUT2D eigenvalue weighted by Gasteiger charge is -2.29. The van der Waals surface area contributed by atoms with Crippen molar-refractivity contribution in [1.29, 1.82) is 0 Å². The molecule has 2 heteroatoms. The largest absolute Gasteiger partial charge is 0.333 e. The molecule has 0 saturated heterocycles. The average molecular weight is 639 g/mol. The van der Waals surface area contributed by atoms with Gasteiger partial charge in [0, 0.05) is 33.8 Å². The van der Waals surface area contributed by atoms with Gasteiger partial charge >= 0.3 is 0 Å². The molecule has 0 amide bonds. The molecule has 8 aromatic rings. The third-order valence-corrected chi connectivity index (χ3v) is 10.5. The molecule has 7 aromatic carbocycles. The lowest BCUT2D eigenvalue weighted by atomic mass is 9.83. The van der Waals surface area contributed by atoms with E-state index in [4.69, 9.17) is 0 Å². The number of para-hydroxylation sites is 2. The van der Waals surface area contributed by atoms with Gasteiger partial charge in [-0.25, -0.2) is 0 Å². The topological polar surface area (TPSA) is 8.17 Å². The van der Waals surface area contributed by atoms with Crippen molar-refractivity contribution in [2.75, 3.05) is 4.90 Å². The lowest BCUT2D eigenvalue weighted by Crippen LogP contribution is -2.28. The van der Waals surface area contributed by atoms with Crippen LogP contribution in [0, 0.1) is 0 Å². The third-order valence-electron chi connectivity index (χ3n) is 10.5. The van der Waals surface area contributed by atoms with Gasteiger partial charge < -0.3 is 9.47 Å². The number of hydrogen-bond acceptors (Lipinski definition) is 1. The van der Waals surface area contributed by atoms with Crippen LogP contribution in [-0.2, 0) is 0 Å². The summed E-state index contributed by atoms with van der Waals surface area (Å²) >= 11 is 0. The van der Waals surface area contributed by atoms with E-state index in [-0.39, 0.29) is 12.0 Å². The molecule has 2 heterocycles. The Labute approximate surface area is 292 Å². The Morgan fingerprint density at radius 3 is 1.86 bits per heavy atom. The highest BCUT2D eigenvalue weighted by atomic mass is 15.2. The van der Waals surface area contributed by atoms with Gasteiger partial charge in [0.25, 0.3) is 0 Å². The van der Waals surface area contributed by atoms with E-state index in [1.807, 2.05) is 0 Å². The first-order valence-electron chi connectivity index (χ1n) is 17.4. The Balaban J connectivity index is 1.09. The molecule has 1 aliphatic carbocycles. The molecular formula is C48H34N2. The first kappa shape index (κ1) is 28.6. The SMILES string of the molecule is C1=CC2C(C=C1c1ccc3c(c1)c1ccccc1n3-c1ccc(-c3ccccc3)cc1)c1c(-c3ccccc3)cccc1N2c1ccccc1. The van der Waals surface area contributed by atoms with Crippen molar-refractivity contribution in [2.24, 2.45) is 0 Å². The highest BCUT2D eigenvalue weighted by Gasteiger charge is 2.40. The standard InChI is InChI=1S/C48H34N2/c1-4-13-33(14-5-1)34-23-27-39(28-24-34)49-44-21-11-10-19-41(44)42-31-36(25-29-45(42)49)37-26-30-46-43(32-37)48-40(35-15-6-2-7-16-35)20-12-22-47(48)50(46)38-17-8-3-9-18-38/h1-32,43,46H. The molecule has 1 aliphatic heterocycles. The minimum Gasteiger partial charge on any atom is -0.333 e. The molecule has 10 rings (SSSR count). The number of hydrogen-bond donors (Lipinski definition) is 0. The molecule has 50 heavy (non-hydrogen) atoms. The Hall–Kier alpha value is -6.38. The van der Waals surface area contributed by atoms with E-state index in [0.29, 0.717) is 0 Å². The molecule has 0 N–H and O–H groups in total. The highest BCUT2D eigenvalue weighted by molar-refractivity contribution is 6.10. The highest BCUT2D eigenvalue weighted by Crippen LogP contribution is 2.52. The van der Waals surface area contributed by atoms with Crippen molar-refractivity contribution >= 4 is 38.8 Å². The average Bonchev–Trinajstić information content (AvgIpc) is 3.71. The van der Waals surface area contributed by atoms with Crippen LogP contribution in [0.2, 0.25) is 0 Å². The Bertz CT molecular complexity index is 2580. The molecule has 0 fully saturated rings. The monoisotopic (exact) mass is 638 g/mol. The molecule has 2 unspecified atom stereocenters. The van der Waals surface area contributed by atoms with Crippen LogP contribution in [0.5, 0.6) is 0 Å². The normalized spacial score (nSPS) is 16.4. The zero-order valence-electron chi connectivity index (χ0n) is 27.5. The summed E-state index contributed by atoms with van der Waals surface area (Å²) in [6.07, 6.45) is 7.28. The molecule has 236 valence electrons. The van der Waals surface area contributed by atoms with Crippen LogP contribution in [0.25, 0.3) is 55.3 Å². The fraction of sp³-hybridized carbons (Fsp3) is 0.0417. The van der Waals surface area contributed by atoms with Gasteiger partial charge in [0.05, 0.1) is 17.1 Å². The summed E-state index contributed by atoms with van der Waals surface area (Å²) in [6.45, 7) is 0. The number of benzene rings is 7. The van der Waals surface area contributed by atoms with Gasteiger partial charge in [-0.05, 0) is 87.5 Å². The number of rotatable bonds is 5. The molecule has 2 nitrogen and oxygen atoms in total. The molecule has 2 aliphatic rings. The van der Waals surface area contributed by atoms with E-state index >= 15 is 0 Å². The number of allylic oxidation sites excluding steroid dienone is 2. The van der Waals surface area contributed by atoms with Crippen LogP contribution < -0.4 is 4.90 Å². The first-order chi connectivity index (χ1) is 24.8. The van der Waals surface area contributed by atoms with Gasteiger partial charge in [0.15, 0.2) is 0 Å². The smallest absolute Gasteiger partial charge is 0.0630 e. The van der Waals surface area contributed by atoms with Crippen LogP contribution >= 0.6 is 0 Å². The second-order valence-corrected chi connectivity index (χ2v) is 13.3. The summed E-state index contributed by atoms with van der Waals surface area (Å²) in [7, 11) is 0. The Morgan fingerprint density at radius 2 is 1.08 bits per heavy atom. The zero-order valence-corrected chi connectivity index (χ0v) is 27.5. The molecule has 2 atom stereocenters. The fourth-order valence-corrected chi connectivity index (χ4v) is 8.27. The van der Waals surface area contributed by atoms with Gasteiger partial charge in [-0.2, -0.15) is 0 Å². The first-order valence-corrected chi connectivity index (χ1v) is 17.4. The number of nitrogens with zero attached hydrogens (tertiary/aromatic N) is 2. The summed E-state index contributed by atoms with van der Waals surface area (Å²) in [5.74, 6) is 0.210. The van der Waals surface area contributed by atoms with E-state index in [1.54, 1.807) is 0 Å². The summed E-state index contributed by atoms with van der Waals surface area (Å²) in [6, 6.07) is 64.0. The zero-order chi connectivity index (χ0) is 33.0. The lowest BCUT2D eigenvalue weighted by molar-refractivity contribution is 0.748. The Kier molecular flexibility index (Phi) is 6.67. The van der Waals surface area contributed by atoms with Crippen molar-refractivity contribution in [3.05, 3.63) is 205 Å². The predicted molar refractivity (Wildman–Crippen MR) is 210 cm³/mol. The molecular weight excluding hydrogens is 605 g/mol. The van der Waals surface area contributed by atoms with Crippen molar-refractivity contribution in [1.82, 2.24) is 4.57 Å². The maximum Gasteiger partial charge on any atom is 0.0630 e. The van der Waals surface area contributed by atoms with E-state index in [1.165, 1.54) is 77.8 Å². The molecule has 0 spiro atoms. The second-order valence-electron chi connectivity index (χ2n) is 13.3. The van der Waals surface area contributed by atoms with Crippen LogP contribution in [0.15, 0.2) is 194 Å². The fourth-order valence-electron chi connectivity index (χ4n) is 8.27. The third kappa shape index (κ3) is 4.57. The summed E-state index contributed by atoms with van der Waals surface area (Å²) in [5.41, 5.74) is 15.0. The van der Waals surface area contributed by atoms with Gasteiger partial charge in [0.1, 0.15) is 0 Å². The summed E-state index contributed by atoms with van der Waals surface area (Å²) in [4.78, 5) is 2.52. The van der Waals surface area contributed by atoms with E-state index in [0.717, 1.165) is 0 Å². The van der Waals surface area contributed by atoms with Crippen molar-refractivity contribution in [3.8, 4) is 27.9 Å². The van der Waals surface area contributed by atoms with Crippen LogP contribution in [0.3, 0.4) is 0 Å². The van der Waals surface area contributed by atoms with Crippen molar-refractivity contribution in [3.63, 3.8) is 0 Å². The van der Waals surface area contributed by atoms with Crippen molar-refractivity contribution < 1.29 is 0 Å². The van der Waals surface area contributed by atoms with Gasteiger partial charge in [0.2, 0.25) is 0 Å². The van der Waals surface area contributed by atoms with E-state index < -0.39 is 0 Å². The minimum atomic E-state index is 0.200. The number of anilines is 2. The van der Waals surface area contributed by atoms with Gasteiger partial charge in [-0.15, -0.1) is 0 Å². The van der Waals surface area contributed by atoms with Crippen LogP contribution in [0.1, 0.15) is 17.0 Å². The van der Waals surface area contributed by atoms with Gasteiger partial charge in [-0.1, -0.05) is 146 Å². The quantitative estimate of drug-likeness (QED) is 0.182. The van der Waals surface area contributed by atoms with Crippen LogP contribution in [-0.4, -0.2) is 10.6 Å². The number of aromatic nitrogens is 1. The maximum absolute atomic E-state index is 2.52. The second kappa shape index (κ2) is 11.6. The van der Waals surface area contributed by atoms with Crippen LogP contribution in [0.4, 0.5) is 11.4 Å². The minimum absolute atomic E-state index is 0.200. The van der Waals surface area contributed by atoms with E-state index in [2.05, 4.69) is 204 Å². The van der Waals surface area contributed by atoms with E-state index in [9.17, 15) is 0 Å². The molecule has 1 aromatic heterocycles. The maximum atomic E-state index is 2.52. The molecule has 0 radical (unpaired) electrons. The van der Waals surface area contributed by atoms with Crippen molar-refractivity contribution in [2.45, 2.75) is 12.0 Å². The number of fused-ring (bicyclic) bond motifs is 6. The summed E-state index contributed by atoms with van der Waals surface area (Å²) in [5, 5.41) is 2.53. The summed E-state index contributed by atoms with van der Waals surface area (Å²) < 4.78 is 2.40. The predicted octanol–water partition coefficient (Wildman–Crippen LogP) is 12.4. The molecule has 0 saturated carbocycles. The van der Waals surface area contributed by atoms with Gasteiger partial charge in [-0.3, -0.25) is 0 Å². The Morgan fingerprint density at radius 1 is 0.440 bits per heavy atom.